The maximum absolute atomic E-state index is 9.48. The van der Waals surface area contributed by atoms with E-state index in [1.807, 2.05) is 0 Å². The molecule has 0 aromatic rings. The summed E-state index contributed by atoms with van der Waals surface area (Å²) >= 11 is 0. The van der Waals surface area contributed by atoms with E-state index >= 15 is 0 Å². The van der Waals surface area contributed by atoms with E-state index < -0.39 is 0 Å². The van der Waals surface area contributed by atoms with Crippen LogP contribution in [0, 0.1) is 0 Å². The van der Waals surface area contributed by atoms with Crippen molar-refractivity contribution in [2.45, 2.75) is 57.6 Å². The lowest BCUT2D eigenvalue weighted by molar-refractivity contribution is 0.0833. The predicted octanol–water partition coefficient (Wildman–Crippen LogP) is 1.70. The summed E-state index contributed by atoms with van der Waals surface area (Å²) in [6.45, 7) is 6.30. The molecule has 0 amide bonds. The minimum atomic E-state index is -0.0826. The molecule has 2 atom stereocenters. The Morgan fingerprint density at radius 2 is 2.27 bits per heavy atom. The van der Waals surface area contributed by atoms with Gasteiger partial charge in [-0.2, -0.15) is 0 Å². The van der Waals surface area contributed by atoms with Gasteiger partial charge in [-0.15, -0.1) is 0 Å². The second-order valence-corrected chi connectivity index (χ2v) is 4.56. The fraction of sp³-hybridized carbons (Fsp3) is 1.00. The first-order valence-electron chi connectivity index (χ1n) is 6.24. The summed E-state index contributed by atoms with van der Waals surface area (Å²) < 4.78 is 5.57. The molecule has 1 rings (SSSR count). The van der Waals surface area contributed by atoms with Gasteiger partial charge in [0.15, 0.2) is 0 Å². The van der Waals surface area contributed by atoms with Gasteiger partial charge < -0.3 is 15.2 Å². The summed E-state index contributed by atoms with van der Waals surface area (Å²) in [6.07, 6.45) is 5.81. The summed E-state index contributed by atoms with van der Waals surface area (Å²) in [4.78, 5) is 0. The van der Waals surface area contributed by atoms with Crippen molar-refractivity contribution in [1.82, 2.24) is 5.32 Å². The second-order valence-electron chi connectivity index (χ2n) is 4.56. The largest absolute Gasteiger partial charge is 0.394 e. The van der Waals surface area contributed by atoms with Gasteiger partial charge in [-0.05, 0) is 25.7 Å². The van der Waals surface area contributed by atoms with Crippen LogP contribution in [-0.4, -0.2) is 36.5 Å². The molecule has 15 heavy (non-hydrogen) atoms. The van der Waals surface area contributed by atoms with Gasteiger partial charge in [-0.1, -0.05) is 20.3 Å². The lowest BCUT2D eigenvalue weighted by atomic mass is 9.91. The van der Waals surface area contributed by atoms with E-state index in [1.165, 1.54) is 6.42 Å². The van der Waals surface area contributed by atoms with Crippen LogP contribution in [0.3, 0.4) is 0 Å². The van der Waals surface area contributed by atoms with E-state index in [9.17, 15) is 5.11 Å². The standard InChI is InChI=1S/C12H25NO2/c1-3-7-12(4-2,10-14)13-9-11-6-5-8-15-11/h11,13-14H,3-10H2,1-2H3. The Balaban J connectivity index is 2.35. The molecular weight excluding hydrogens is 190 g/mol. The molecule has 3 heteroatoms. The third-order valence-corrected chi connectivity index (χ3v) is 3.44. The first-order valence-corrected chi connectivity index (χ1v) is 6.24. The van der Waals surface area contributed by atoms with Gasteiger partial charge in [0.2, 0.25) is 0 Å². The second kappa shape index (κ2) is 6.46. The molecule has 0 radical (unpaired) electrons. The summed E-state index contributed by atoms with van der Waals surface area (Å²) in [6, 6.07) is 0. The lowest BCUT2D eigenvalue weighted by Crippen LogP contribution is -2.50. The number of rotatable bonds is 7. The zero-order valence-electron chi connectivity index (χ0n) is 10.1. The maximum Gasteiger partial charge on any atom is 0.0700 e. The zero-order valence-corrected chi connectivity index (χ0v) is 10.1. The Morgan fingerprint density at radius 3 is 2.73 bits per heavy atom. The molecule has 0 bridgehead atoms. The Labute approximate surface area is 93.2 Å². The predicted molar refractivity (Wildman–Crippen MR) is 62.0 cm³/mol. The van der Waals surface area contributed by atoms with Gasteiger partial charge in [0.05, 0.1) is 12.7 Å². The molecule has 0 aliphatic carbocycles. The molecule has 3 nitrogen and oxygen atoms in total. The van der Waals surface area contributed by atoms with Crippen LogP contribution in [-0.2, 0) is 4.74 Å². The highest BCUT2D eigenvalue weighted by Crippen LogP contribution is 2.18. The van der Waals surface area contributed by atoms with Crippen LogP contribution in [0.1, 0.15) is 46.0 Å². The minimum absolute atomic E-state index is 0.0826. The minimum Gasteiger partial charge on any atom is -0.394 e. The van der Waals surface area contributed by atoms with Crippen molar-refractivity contribution >= 4 is 0 Å². The Bertz CT molecular complexity index is 163. The van der Waals surface area contributed by atoms with Crippen LogP contribution in [0.4, 0.5) is 0 Å². The number of aliphatic hydroxyl groups excluding tert-OH is 1. The van der Waals surface area contributed by atoms with Gasteiger partial charge in [0.1, 0.15) is 0 Å². The molecule has 0 aromatic heterocycles. The summed E-state index contributed by atoms with van der Waals surface area (Å²) in [5.41, 5.74) is -0.0826. The highest BCUT2D eigenvalue weighted by molar-refractivity contribution is 4.87. The highest BCUT2D eigenvalue weighted by atomic mass is 16.5. The quantitative estimate of drug-likeness (QED) is 0.679. The monoisotopic (exact) mass is 215 g/mol. The Hall–Kier alpha value is -0.120. The van der Waals surface area contributed by atoms with Crippen molar-refractivity contribution in [3.63, 3.8) is 0 Å². The molecule has 90 valence electrons. The number of hydrogen-bond donors (Lipinski definition) is 2. The SMILES string of the molecule is CCCC(CC)(CO)NCC1CCCO1. The molecule has 2 N–H and O–H groups in total. The van der Waals surface area contributed by atoms with E-state index in [-0.39, 0.29) is 12.1 Å². The van der Waals surface area contributed by atoms with Gasteiger partial charge >= 0.3 is 0 Å². The van der Waals surface area contributed by atoms with E-state index in [4.69, 9.17) is 4.74 Å². The first-order chi connectivity index (χ1) is 7.26. The number of ether oxygens (including phenoxy) is 1. The molecule has 1 aliphatic rings. The van der Waals surface area contributed by atoms with Crippen LogP contribution < -0.4 is 5.32 Å². The molecule has 0 saturated carbocycles. The van der Waals surface area contributed by atoms with Crippen molar-refractivity contribution in [2.24, 2.45) is 0 Å². The first kappa shape index (κ1) is 12.9. The zero-order chi connectivity index (χ0) is 11.1. The van der Waals surface area contributed by atoms with Crippen LogP contribution in [0.15, 0.2) is 0 Å². The van der Waals surface area contributed by atoms with Crippen LogP contribution in [0.2, 0.25) is 0 Å². The Morgan fingerprint density at radius 1 is 1.47 bits per heavy atom. The van der Waals surface area contributed by atoms with E-state index in [0.717, 1.165) is 38.8 Å². The number of nitrogens with one attached hydrogen (secondary N) is 1. The molecule has 0 aromatic carbocycles. The molecule has 1 fully saturated rings. The van der Waals surface area contributed by atoms with E-state index in [1.54, 1.807) is 0 Å². The van der Waals surface area contributed by atoms with Crippen molar-refractivity contribution < 1.29 is 9.84 Å². The molecular formula is C12H25NO2. The summed E-state index contributed by atoms with van der Waals surface area (Å²) in [5.74, 6) is 0. The molecule has 1 heterocycles. The third-order valence-electron chi connectivity index (χ3n) is 3.44. The lowest BCUT2D eigenvalue weighted by Gasteiger charge is -2.33. The molecule has 1 saturated heterocycles. The maximum atomic E-state index is 9.48. The normalized spacial score (nSPS) is 25.4. The van der Waals surface area contributed by atoms with Crippen LogP contribution in [0.25, 0.3) is 0 Å². The Kier molecular flexibility index (Phi) is 5.58. The van der Waals surface area contributed by atoms with Gasteiger partial charge in [0, 0.05) is 18.7 Å². The fourth-order valence-electron chi connectivity index (χ4n) is 2.25. The fourth-order valence-corrected chi connectivity index (χ4v) is 2.25. The van der Waals surface area contributed by atoms with Crippen molar-refractivity contribution in [1.29, 1.82) is 0 Å². The van der Waals surface area contributed by atoms with Crippen LogP contribution in [0.5, 0.6) is 0 Å². The van der Waals surface area contributed by atoms with Crippen LogP contribution >= 0.6 is 0 Å². The van der Waals surface area contributed by atoms with Gasteiger partial charge in [0.25, 0.3) is 0 Å². The van der Waals surface area contributed by atoms with Crippen molar-refractivity contribution in [2.75, 3.05) is 19.8 Å². The smallest absolute Gasteiger partial charge is 0.0700 e. The third kappa shape index (κ3) is 3.74. The average molecular weight is 215 g/mol. The number of aliphatic hydroxyl groups is 1. The highest BCUT2D eigenvalue weighted by Gasteiger charge is 2.27. The van der Waals surface area contributed by atoms with Gasteiger partial charge in [-0.3, -0.25) is 0 Å². The van der Waals surface area contributed by atoms with E-state index in [2.05, 4.69) is 19.2 Å². The summed E-state index contributed by atoms with van der Waals surface area (Å²) in [7, 11) is 0. The van der Waals surface area contributed by atoms with Crippen molar-refractivity contribution in [3.05, 3.63) is 0 Å². The van der Waals surface area contributed by atoms with Crippen molar-refractivity contribution in [3.8, 4) is 0 Å². The van der Waals surface area contributed by atoms with E-state index in [0.29, 0.717) is 6.10 Å². The molecule has 0 spiro atoms. The molecule has 2 unspecified atom stereocenters. The summed E-state index contributed by atoms with van der Waals surface area (Å²) in [5, 5.41) is 13.0. The molecule has 1 aliphatic heterocycles. The topological polar surface area (TPSA) is 41.5 Å². The number of hydrogen-bond acceptors (Lipinski definition) is 3. The average Bonchev–Trinajstić information content (AvgIpc) is 2.77. The van der Waals surface area contributed by atoms with Gasteiger partial charge in [-0.25, -0.2) is 0 Å².